The number of methoxy groups -OCH3 is 1. The van der Waals surface area contributed by atoms with Crippen molar-refractivity contribution < 1.29 is 19.1 Å². The average Bonchev–Trinajstić information content (AvgIpc) is 2.59. The zero-order valence-electron chi connectivity index (χ0n) is 11.6. The van der Waals surface area contributed by atoms with Crippen molar-refractivity contribution >= 4 is 11.9 Å². The number of pyridine rings is 2. The second-order valence-electron chi connectivity index (χ2n) is 4.14. The Morgan fingerprint density at radius 3 is 2.50 bits per heavy atom. The standard InChI is InChI=1S/C15H11N3O4/c1-21-14(19)12-3-2-4-13(18-12)15(20)22-9-10-5-6-11(7-16)17-8-10/h2-6,8H,9H2,1H3. The van der Waals surface area contributed by atoms with Gasteiger partial charge in [-0.25, -0.2) is 19.6 Å². The van der Waals surface area contributed by atoms with Gasteiger partial charge in [0, 0.05) is 11.8 Å². The molecule has 7 heteroatoms. The average molecular weight is 297 g/mol. The zero-order valence-corrected chi connectivity index (χ0v) is 11.6. The Hall–Kier alpha value is -3.27. The largest absolute Gasteiger partial charge is 0.464 e. The molecule has 0 aliphatic rings. The lowest BCUT2D eigenvalue weighted by Crippen LogP contribution is -2.11. The summed E-state index contributed by atoms with van der Waals surface area (Å²) < 4.78 is 9.61. The molecular weight excluding hydrogens is 286 g/mol. The monoisotopic (exact) mass is 297 g/mol. The van der Waals surface area contributed by atoms with E-state index in [0.29, 0.717) is 5.56 Å². The minimum Gasteiger partial charge on any atom is -0.464 e. The number of hydrogen-bond acceptors (Lipinski definition) is 7. The highest BCUT2D eigenvalue weighted by Gasteiger charge is 2.13. The van der Waals surface area contributed by atoms with E-state index in [4.69, 9.17) is 10.00 Å². The highest BCUT2D eigenvalue weighted by Crippen LogP contribution is 2.06. The SMILES string of the molecule is COC(=O)c1cccc(C(=O)OCc2ccc(C#N)nc2)n1. The smallest absolute Gasteiger partial charge is 0.357 e. The topological polar surface area (TPSA) is 102 Å². The van der Waals surface area contributed by atoms with E-state index in [9.17, 15) is 9.59 Å². The van der Waals surface area contributed by atoms with Crippen LogP contribution >= 0.6 is 0 Å². The quantitative estimate of drug-likeness (QED) is 0.788. The molecule has 0 amide bonds. The Morgan fingerprint density at radius 1 is 1.18 bits per heavy atom. The molecule has 2 aromatic rings. The first kappa shape index (κ1) is 15.1. The van der Waals surface area contributed by atoms with Crippen LogP contribution in [0.25, 0.3) is 0 Å². The molecule has 0 atom stereocenters. The number of hydrogen-bond donors (Lipinski definition) is 0. The summed E-state index contributed by atoms with van der Waals surface area (Å²) in [6, 6.07) is 9.44. The maximum atomic E-state index is 11.9. The van der Waals surface area contributed by atoms with E-state index < -0.39 is 11.9 Å². The summed E-state index contributed by atoms with van der Waals surface area (Å²) in [4.78, 5) is 31.0. The van der Waals surface area contributed by atoms with E-state index in [0.717, 1.165) is 0 Å². The highest BCUT2D eigenvalue weighted by atomic mass is 16.5. The molecule has 0 fully saturated rings. The summed E-state index contributed by atoms with van der Waals surface area (Å²) in [7, 11) is 1.23. The molecule has 0 aliphatic heterocycles. The van der Waals surface area contributed by atoms with Crippen LogP contribution in [-0.2, 0) is 16.1 Å². The molecule has 0 saturated carbocycles. The maximum Gasteiger partial charge on any atom is 0.357 e. The number of rotatable bonds is 4. The number of carbonyl (C=O) groups excluding carboxylic acids is 2. The molecule has 0 aromatic carbocycles. The molecule has 0 saturated heterocycles. The fourth-order valence-corrected chi connectivity index (χ4v) is 1.57. The van der Waals surface area contributed by atoms with Crippen LogP contribution in [0.4, 0.5) is 0 Å². The Kier molecular flexibility index (Phi) is 4.78. The minimum atomic E-state index is -0.671. The van der Waals surface area contributed by atoms with Crippen LogP contribution in [0.15, 0.2) is 36.5 Å². The Labute approximate surface area is 126 Å². The summed E-state index contributed by atoms with van der Waals surface area (Å²) in [5, 5.41) is 8.64. The van der Waals surface area contributed by atoms with Gasteiger partial charge in [0.25, 0.3) is 0 Å². The molecule has 0 spiro atoms. The highest BCUT2D eigenvalue weighted by molar-refractivity contribution is 5.91. The van der Waals surface area contributed by atoms with E-state index in [1.54, 1.807) is 6.07 Å². The fourth-order valence-electron chi connectivity index (χ4n) is 1.57. The lowest BCUT2D eigenvalue weighted by Gasteiger charge is -2.05. The summed E-state index contributed by atoms with van der Waals surface area (Å²) in [6.07, 6.45) is 1.45. The second kappa shape index (κ2) is 6.95. The molecule has 2 rings (SSSR count). The van der Waals surface area contributed by atoms with E-state index in [1.807, 2.05) is 6.07 Å². The first-order chi connectivity index (χ1) is 10.6. The molecular formula is C15H11N3O4. The van der Waals surface area contributed by atoms with Crippen molar-refractivity contribution in [3.8, 4) is 6.07 Å². The van der Waals surface area contributed by atoms with E-state index in [-0.39, 0.29) is 23.7 Å². The van der Waals surface area contributed by atoms with Gasteiger partial charge in [-0.2, -0.15) is 5.26 Å². The van der Waals surface area contributed by atoms with Gasteiger partial charge in [0.2, 0.25) is 0 Å². The summed E-state index contributed by atoms with van der Waals surface area (Å²) >= 11 is 0. The maximum absolute atomic E-state index is 11.9. The third kappa shape index (κ3) is 3.64. The van der Waals surface area contributed by atoms with Crippen molar-refractivity contribution in [1.29, 1.82) is 5.26 Å². The van der Waals surface area contributed by atoms with Crippen LogP contribution < -0.4 is 0 Å². The summed E-state index contributed by atoms with van der Waals surface area (Å²) in [5.41, 5.74) is 0.945. The van der Waals surface area contributed by atoms with Crippen molar-refractivity contribution in [2.75, 3.05) is 7.11 Å². The second-order valence-corrected chi connectivity index (χ2v) is 4.14. The van der Waals surface area contributed by atoms with Gasteiger partial charge in [0.1, 0.15) is 29.8 Å². The lowest BCUT2D eigenvalue weighted by atomic mass is 10.2. The Balaban J connectivity index is 2.03. The summed E-state index contributed by atoms with van der Waals surface area (Å²) in [6.45, 7) is -0.0122. The van der Waals surface area contributed by atoms with Crippen LogP contribution in [0.1, 0.15) is 32.2 Å². The number of nitriles is 1. The normalized spacial score (nSPS) is 9.64. The van der Waals surface area contributed by atoms with Gasteiger partial charge < -0.3 is 9.47 Å². The molecule has 2 aromatic heterocycles. The minimum absolute atomic E-state index is 0.00417. The first-order valence-corrected chi connectivity index (χ1v) is 6.21. The van der Waals surface area contributed by atoms with Gasteiger partial charge in [-0.1, -0.05) is 12.1 Å². The molecule has 0 unspecified atom stereocenters. The van der Waals surface area contributed by atoms with Crippen LogP contribution in [0.2, 0.25) is 0 Å². The predicted molar refractivity (Wildman–Crippen MR) is 73.6 cm³/mol. The van der Waals surface area contributed by atoms with Crippen LogP contribution in [-0.4, -0.2) is 29.0 Å². The van der Waals surface area contributed by atoms with Crippen LogP contribution in [0, 0.1) is 11.3 Å². The number of ether oxygens (including phenoxy) is 2. The fraction of sp³-hybridized carbons (Fsp3) is 0.133. The number of aromatic nitrogens is 2. The van der Waals surface area contributed by atoms with Gasteiger partial charge in [-0.3, -0.25) is 0 Å². The molecule has 22 heavy (non-hydrogen) atoms. The number of nitrogens with zero attached hydrogens (tertiary/aromatic N) is 3. The van der Waals surface area contributed by atoms with Crippen LogP contribution in [0.3, 0.4) is 0 Å². The van der Waals surface area contributed by atoms with Gasteiger partial charge in [0.05, 0.1) is 7.11 Å². The third-order valence-electron chi connectivity index (χ3n) is 2.66. The molecule has 0 aliphatic carbocycles. The van der Waals surface area contributed by atoms with E-state index in [1.165, 1.54) is 37.6 Å². The van der Waals surface area contributed by atoms with Gasteiger partial charge in [0.15, 0.2) is 0 Å². The predicted octanol–water partition coefficient (Wildman–Crippen LogP) is 1.49. The van der Waals surface area contributed by atoms with Gasteiger partial charge in [-0.15, -0.1) is 0 Å². The Morgan fingerprint density at radius 2 is 1.91 bits per heavy atom. The van der Waals surface area contributed by atoms with Crippen molar-refractivity contribution in [1.82, 2.24) is 9.97 Å². The lowest BCUT2D eigenvalue weighted by molar-refractivity contribution is 0.0465. The molecule has 0 radical (unpaired) electrons. The van der Waals surface area contributed by atoms with Gasteiger partial charge >= 0.3 is 11.9 Å². The first-order valence-electron chi connectivity index (χ1n) is 6.21. The van der Waals surface area contributed by atoms with Gasteiger partial charge in [-0.05, 0) is 18.2 Å². The van der Waals surface area contributed by atoms with Crippen molar-refractivity contribution in [3.05, 3.63) is 59.2 Å². The molecule has 0 bridgehead atoms. The summed E-state index contributed by atoms with van der Waals surface area (Å²) in [5.74, 6) is -1.30. The van der Waals surface area contributed by atoms with Crippen molar-refractivity contribution in [2.24, 2.45) is 0 Å². The van der Waals surface area contributed by atoms with E-state index in [2.05, 4.69) is 14.7 Å². The van der Waals surface area contributed by atoms with Crippen molar-refractivity contribution in [2.45, 2.75) is 6.61 Å². The van der Waals surface area contributed by atoms with Crippen LogP contribution in [0.5, 0.6) is 0 Å². The van der Waals surface area contributed by atoms with Crippen molar-refractivity contribution in [3.63, 3.8) is 0 Å². The molecule has 110 valence electrons. The number of esters is 2. The third-order valence-corrected chi connectivity index (χ3v) is 2.66. The Bertz CT molecular complexity index is 735. The van der Waals surface area contributed by atoms with E-state index >= 15 is 0 Å². The zero-order chi connectivity index (χ0) is 15.9. The number of carbonyl (C=O) groups is 2. The molecule has 2 heterocycles. The molecule has 7 nitrogen and oxygen atoms in total. The molecule has 0 N–H and O–H groups in total.